The van der Waals surface area contributed by atoms with Crippen molar-refractivity contribution in [2.24, 2.45) is 0 Å². The summed E-state index contributed by atoms with van der Waals surface area (Å²) in [6.45, 7) is 0.797. The van der Waals surface area contributed by atoms with E-state index in [9.17, 15) is 9.90 Å². The zero-order chi connectivity index (χ0) is 15.2. The lowest BCUT2D eigenvalue weighted by Gasteiger charge is -2.28. The standard InChI is InChI=1S/C16H21Cl2NO2/c17-13-7-5-12(15(18)10-13)6-8-16(21)19-9-3-1-2-4-14(19)11-20/h5,7,10,14,20H,1-4,6,8-9,11H2. The maximum Gasteiger partial charge on any atom is 0.223 e. The molecular weight excluding hydrogens is 309 g/mol. The number of aryl methyl sites for hydroxylation is 1. The lowest BCUT2D eigenvalue weighted by atomic mass is 10.1. The average molecular weight is 330 g/mol. The van der Waals surface area contributed by atoms with Crippen molar-refractivity contribution in [3.8, 4) is 0 Å². The summed E-state index contributed by atoms with van der Waals surface area (Å²) in [7, 11) is 0. The van der Waals surface area contributed by atoms with Gasteiger partial charge in [0.2, 0.25) is 5.91 Å². The van der Waals surface area contributed by atoms with Crippen molar-refractivity contribution in [3.63, 3.8) is 0 Å². The van der Waals surface area contributed by atoms with Gasteiger partial charge in [0, 0.05) is 23.0 Å². The molecule has 1 aromatic carbocycles. The Bertz CT molecular complexity index is 493. The van der Waals surface area contributed by atoms with Crippen molar-refractivity contribution in [3.05, 3.63) is 33.8 Å². The molecule has 1 aliphatic rings. The van der Waals surface area contributed by atoms with Crippen LogP contribution in [0.4, 0.5) is 0 Å². The van der Waals surface area contributed by atoms with Crippen LogP contribution >= 0.6 is 23.2 Å². The molecule has 1 saturated heterocycles. The summed E-state index contributed by atoms with van der Waals surface area (Å²) in [5, 5.41) is 10.7. The Balaban J connectivity index is 1.96. The highest BCUT2D eigenvalue weighted by Crippen LogP contribution is 2.23. The molecule has 2 rings (SSSR count). The number of halogens is 2. The van der Waals surface area contributed by atoms with Gasteiger partial charge in [-0.2, -0.15) is 0 Å². The minimum absolute atomic E-state index is 0.0271. The van der Waals surface area contributed by atoms with Gasteiger partial charge in [0.1, 0.15) is 0 Å². The molecule has 1 N–H and O–H groups in total. The molecule has 0 aromatic heterocycles. The highest BCUT2D eigenvalue weighted by molar-refractivity contribution is 6.35. The highest BCUT2D eigenvalue weighted by atomic mass is 35.5. The van der Waals surface area contributed by atoms with Gasteiger partial charge in [0.15, 0.2) is 0 Å². The third kappa shape index (κ3) is 4.60. The van der Waals surface area contributed by atoms with Crippen LogP contribution in [0, 0.1) is 0 Å². The first-order valence-corrected chi connectivity index (χ1v) is 8.21. The van der Waals surface area contributed by atoms with Crippen molar-refractivity contribution in [1.29, 1.82) is 0 Å². The molecule has 0 saturated carbocycles. The van der Waals surface area contributed by atoms with E-state index < -0.39 is 0 Å². The second-order valence-electron chi connectivity index (χ2n) is 5.51. The Morgan fingerprint density at radius 2 is 2.10 bits per heavy atom. The second kappa shape index (κ2) is 8.02. The number of aliphatic hydroxyl groups is 1. The molecule has 1 unspecified atom stereocenters. The van der Waals surface area contributed by atoms with Crippen molar-refractivity contribution < 1.29 is 9.90 Å². The van der Waals surface area contributed by atoms with Gasteiger partial charge >= 0.3 is 0 Å². The van der Waals surface area contributed by atoms with Crippen LogP contribution in [-0.4, -0.2) is 35.1 Å². The Hall–Kier alpha value is -0.770. The van der Waals surface area contributed by atoms with E-state index in [-0.39, 0.29) is 18.6 Å². The lowest BCUT2D eigenvalue weighted by Crippen LogP contribution is -2.42. The number of rotatable bonds is 4. The molecule has 1 aliphatic heterocycles. The Morgan fingerprint density at radius 3 is 2.81 bits per heavy atom. The van der Waals surface area contributed by atoms with E-state index >= 15 is 0 Å². The number of carbonyl (C=O) groups is 1. The van der Waals surface area contributed by atoms with Crippen LogP contribution in [0.1, 0.15) is 37.7 Å². The number of nitrogens with zero attached hydrogens (tertiary/aromatic N) is 1. The summed E-state index contributed by atoms with van der Waals surface area (Å²) in [4.78, 5) is 14.3. The summed E-state index contributed by atoms with van der Waals surface area (Å²) >= 11 is 12.0. The lowest BCUT2D eigenvalue weighted by molar-refractivity contribution is -0.134. The van der Waals surface area contributed by atoms with E-state index in [0.717, 1.165) is 37.8 Å². The van der Waals surface area contributed by atoms with Gasteiger partial charge in [-0.1, -0.05) is 42.1 Å². The Kier molecular flexibility index (Phi) is 6.34. The maximum atomic E-state index is 12.4. The van der Waals surface area contributed by atoms with Crippen molar-refractivity contribution in [2.45, 2.75) is 44.6 Å². The van der Waals surface area contributed by atoms with Crippen LogP contribution in [0.25, 0.3) is 0 Å². The van der Waals surface area contributed by atoms with E-state index in [2.05, 4.69) is 0 Å². The van der Waals surface area contributed by atoms with Gasteiger partial charge in [-0.25, -0.2) is 0 Å². The largest absolute Gasteiger partial charge is 0.394 e. The average Bonchev–Trinajstić information content (AvgIpc) is 2.71. The first kappa shape index (κ1) is 16.6. The fourth-order valence-corrected chi connectivity index (χ4v) is 3.31. The molecule has 21 heavy (non-hydrogen) atoms. The summed E-state index contributed by atoms with van der Waals surface area (Å²) < 4.78 is 0. The quantitative estimate of drug-likeness (QED) is 0.915. The fraction of sp³-hybridized carbons (Fsp3) is 0.562. The molecule has 5 heteroatoms. The third-order valence-electron chi connectivity index (χ3n) is 4.03. The van der Waals surface area contributed by atoms with Gasteiger partial charge < -0.3 is 10.0 Å². The van der Waals surface area contributed by atoms with Gasteiger partial charge in [-0.15, -0.1) is 0 Å². The van der Waals surface area contributed by atoms with Crippen LogP contribution in [-0.2, 0) is 11.2 Å². The van der Waals surface area contributed by atoms with Crippen LogP contribution in [0.5, 0.6) is 0 Å². The van der Waals surface area contributed by atoms with Crippen LogP contribution in [0.15, 0.2) is 18.2 Å². The molecule has 0 spiro atoms. The molecule has 1 aromatic rings. The molecule has 1 atom stereocenters. The summed E-state index contributed by atoms with van der Waals surface area (Å²) in [6, 6.07) is 5.33. The van der Waals surface area contributed by atoms with Gasteiger partial charge in [-0.05, 0) is 37.0 Å². The molecule has 116 valence electrons. The predicted octanol–water partition coefficient (Wildman–Crippen LogP) is 3.69. The van der Waals surface area contributed by atoms with E-state index in [0.29, 0.717) is 22.9 Å². The SMILES string of the molecule is O=C(CCc1ccc(Cl)cc1Cl)N1CCCCCC1CO. The number of likely N-dealkylation sites (tertiary alicyclic amines) is 1. The van der Waals surface area contributed by atoms with Gasteiger partial charge in [0.05, 0.1) is 12.6 Å². The number of aliphatic hydroxyl groups excluding tert-OH is 1. The molecule has 3 nitrogen and oxygen atoms in total. The molecule has 1 heterocycles. The predicted molar refractivity (Wildman–Crippen MR) is 85.8 cm³/mol. The monoisotopic (exact) mass is 329 g/mol. The van der Waals surface area contributed by atoms with Crippen LogP contribution < -0.4 is 0 Å². The minimum Gasteiger partial charge on any atom is -0.394 e. The van der Waals surface area contributed by atoms with E-state index in [1.165, 1.54) is 0 Å². The van der Waals surface area contributed by atoms with Gasteiger partial charge in [0.25, 0.3) is 0 Å². The molecule has 0 radical (unpaired) electrons. The van der Waals surface area contributed by atoms with Crippen molar-refractivity contribution in [2.75, 3.05) is 13.2 Å². The first-order chi connectivity index (χ1) is 10.1. The van der Waals surface area contributed by atoms with Crippen LogP contribution in [0.3, 0.4) is 0 Å². The Labute approximate surface area is 135 Å². The first-order valence-electron chi connectivity index (χ1n) is 7.46. The minimum atomic E-state index is -0.0271. The summed E-state index contributed by atoms with van der Waals surface area (Å²) in [5.41, 5.74) is 0.935. The maximum absolute atomic E-state index is 12.4. The zero-order valence-electron chi connectivity index (χ0n) is 12.0. The number of carbonyl (C=O) groups excluding carboxylic acids is 1. The fourth-order valence-electron chi connectivity index (χ4n) is 2.81. The van der Waals surface area contributed by atoms with Crippen molar-refractivity contribution >= 4 is 29.1 Å². The van der Waals surface area contributed by atoms with Gasteiger partial charge in [-0.3, -0.25) is 4.79 Å². The van der Waals surface area contributed by atoms with E-state index in [1.807, 2.05) is 11.0 Å². The number of amides is 1. The molecule has 1 amide bonds. The summed E-state index contributed by atoms with van der Waals surface area (Å²) in [6.07, 6.45) is 5.14. The smallest absolute Gasteiger partial charge is 0.223 e. The van der Waals surface area contributed by atoms with E-state index in [1.54, 1.807) is 12.1 Å². The highest BCUT2D eigenvalue weighted by Gasteiger charge is 2.24. The number of hydrogen-bond acceptors (Lipinski definition) is 2. The van der Waals surface area contributed by atoms with Crippen molar-refractivity contribution in [1.82, 2.24) is 4.90 Å². The Morgan fingerprint density at radius 1 is 1.29 bits per heavy atom. The summed E-state index contributed by atoms with van der Waals surface area (Å²) in [5.74, 6) is 0.0990. The molecule has 0 aliphatic carbocycles. The zero-order valence-corrected chi connectivity index (χ0v) is 13.5. The van der Waals surface area contributed by atoms with Crippen LogP contribution in [0.2, 0.25) is 10.0 Å². The normalized spacial score (nSPS) is 19.4. The molecular formula is C16H21Cl2NO2. The number of hydrogen-bond donors (Lipinski definition) is 1. The topological polar surface area (TPSA) is 40.5 Å². The third-order valence-corrected chi connectivity index (χ3v) is 4.62. The molecule has 0 bridgehead atoms. The number of benzene rings is 1. The molecule has 1 fully saturated rings. The van der Waals surface area contributed by atoms with E-state index in [4.69, 9.17) is 23.2 Å². The second-order valence-corrected chi connectivity index (χ2v) is 6.35.